The number of nitriles is 1. The molecule has 0 bridgehead atoms. The summed E-state index contributed by atoms with van der Waals surface area (Å²) in [5.74, 6) is -0.893. The molecule has 2 fully saturated rings. The lowest BCUT2D eigenvalue weighted by molar-refractivity contribution is -0.153. The minimum absolute atomic E-state index is 0.0217. The quantitative estimate of drug-likeness (QED) is 0.279. The number of carbonyl (C=O) groups excluding carboxylic acids is 1. The van der Waals surface area contributed by atoms with E-state index < -0.39 is 11.9 Å². The summed E-state index contributed by atoms with van der Waals surface area (Å²) in [6.45, 7) is 3.68. The molecule has 15 heteroatoms. The van der Waals surface area contributed by atoms with Gasteiger partial charge in [0.15, 0.2) is 10.9 Å². The Hall–Kier alpha value is -4.39. The molecule has 6 heterocycles. The number of allylic oxidation sites excluding steroid dienone is 1. The Bertz CT molecular complexity index is 1900. The topological polar surface area (TPSA) is 134 Å². The zero-order chi connectivity index (χ0) is 32.3. The molecule has 4 aromatic rings. The number of anilines is 2. The number of rotatable bonds is 9. The van der Waals surface area contributed by atoms with Crippen LogP contribution in [0.3, 0.4) is 0 Å². The summed E-state index contributed by atoms with van der Waals surface area (Å²) in [5.41, 5.74) is 3.26. The average molecular weight is 662 g/mol. The van der Waals surface area contributed by atoms with Crippen molar-refractivity contribution in [1.29, 1.82) is 5.26 Å². The number of amides is 1. The van der Waals surface area contributed by atoms with E-state index in [1.165, 1.54) is 29.2 Å². The van der Waals surface area contributed by atoms with Gasteiger partial charge in [-0.2, -0.15) is 14.9 Å². The van der Waals surface area contributed by atoms with Gasteiger partial charge in [0.25, 0.3) is 0 Å². The lowest BCUT2D eigenvalue weighted by Gasteiger charge is -2.39. The highest BCUT2D eigenvalue weighted by Crippen LogP contribution is 2.46. The zero-order valence-electron chi connectivity index (χ0n) is 25.6. The van der Waals surface area contributed by atoms with Crippen molar-refractivity contribution in [3.05, 3.63) is 57.4 Å². The Morgan fingerprint density at radius 2 is 1.93 bits per heavy atom. The van der Waals surface area contributed by atoms with E-state index in [0.29, 0.717) is 27.7 Å². The summed E-state index contributed by atoms with van der Waals surface area (Å²) in [6, 6.07) is 8.21. The standard InChI is InChI=1S/C31H32FN9O3S2/c1-4-21-28(38(3)30-35-26(23(13-33)45-30)17-7-9-19(32)10-8-17)41-31(34-21)46-27(36-41)20-12-24(40-11-5-6-22(20)40)37(2)16-25(42)39-14-18(15-39)29(43)44/h6-10,18,20,24H,4-5,11-12,14-16H2,1-3H3,(H,43,44)/t20-,24?/m1/s1. The molecule has 1 amide bonds. The molecule has 238 valence electrons. The SMILES string of the molecule is CCc1nc2sc([C@@H]3CC(N(C)CC(=O)N4CC(C(=O)O)C4)N4CCC=C34)nn2c1N(C)c1nc(-c2ccc(F)cc2)c(C#N)s1. The van der Waals surface area contributed by atoms with E-state index in [0.717, 1.165) is 40.9 Å². The third-order valence-corrected chi connectivity index (χ3v) is 11.1. The van der Waals surface area contributed by atoms with Crippen LogP contribution in [-0.2, 0) is 16.0 Å². The number of imidazole rings is 1. The van der Waals surface area contributed by atoms with Gasteiger partial charge in [0.05, 0.1) is 30.2 Å². The van der Waals surface area contributed by atoms with Gasteiger partial charge in [-0.1, -0.05) is 35.7 Å². The van der Waals surface area contributed by atoms with Crippen LogP contribution in [0.1, 0.15) is 41.3 Å². The number of nitrogens with zero attached hydrogens (tertiary/aromatic N) is 9. The van der Waals surface area contributed by atoms with Crippen molar-refractivity contribution in [3.8, 4) is 17.3 Å². The number of aryl methyl sites for hydroxylation is 1. The minimum Gasteiger partial charge on any atom is -0.481 e. The van der Waals surface area contributed by atoms with Crippen LogP contribution in [0.5, 0.6) is 0 Å². The molecule has 0 aliphatic carbocycles. The third-order valence-electron chi connectivity index (χ3n) is 9.03. The highest BCUT2D eigenvalue weighted by molar-refractivity contribution is 7.17. The predicted octanol–water partition coefficient (Wildman–Crippen LogP) is 4.13. The van der Waals surface area contributed by atoms with Crippen LogP contribution in [0.15, 0.2) is 36.0 Å². The molecule has 3 aliphatic rings. The Labute approximate surface area is 272 Å². The summed E-state index contributed by atoms with van der Waals surface area (Å²) < 4.78 is 15.4. The van der Waals surface area contributed by atoms with Crippen molar-refractivity contribution in [2.24, 2.45) is 5.92 Å². The van der Waals surface area contributed by atoms with Crippen molar-refractivity contribution in [3.63, 3.8) is 0 Å². The number of halogens is 1. The highest BCUT2D eigenvalue weighted by Gasteiger charge is 2.44. The van der Waals surface area contributed by atoms with E-state index in [2.05, 4.69) is 21.9 Å². The maximum atomic E-state index is 13.6. The summed E-state index contributed by atoms with van der Waals surface area (Å²) in [5, 5.41) is 25.7. The van der Waals surface area contributed by atoms with Crippen LogP contribution in [0.25, 0.3) is 16.2 Å². The molecule has 7 rings (SSSR count). The van der Waals surface area contributed by atoms with Crippen molar-refractivity contribution < 1.29 is 19.1 Å². The maximum Gasteiger partial charge on any atom is 0.310 e. The Balaban J connectivity index is 1.14. The predicted molar refractivity (Wildman–Crippen MR) is 171 cm³/mol. The fourth-order valence-electron chi connectivity index (χ4n) is 6.55. The molecule has 1 unspecified atom stereocenters. The smallest absolute Gasteiger partial charge is 0.310 e. The molecule has 0 saturated carbocycles. The van der Waals surface area contributed by atoms with Crippen molar-refractivity contribution in [2.45, 2.75) is 38.3 Å². The molecular formula is C31H32FN9O3S2. The summed E-state index contributed by atoms with van der Waals surface area (Å²) in [7, 11) is 3.85. The number of carboxylic acids is 1. The van der Waals surface area contributed by atoms with Gasteiger partial charge in [-0.3, -0.25) is 14.5 Å². The van der Waals surface area contributed by atoms with E-state index in [1.807, 2.05) is 30.4 Å². The number of fused-ring (bicyclic) bond motifs is 2. The second-order valence-corrected chi connectivity index (χ2v) is 13.8. The fraction of sp³-hybridized carbons (Fsp3) is 0.419. The third kappa shape index (κ3) is 5.10. The van der Waals surface area contributed by atoms with E-state index in [9.17, 15) is 24.3 Å². The number of aromatic nitrogens is 4. The number of benzene rings is 1. The van der Waals surface area contributed by atoms with Crippen LogP contribution in [0.4, 0.5) is 15.3 Å². The number of carboxylic acid groups (broad SMARTS) is 1. The molecule has 1 N–H and O–H groups in total. The van der Waals surface area contributed by atoms with E-state index in [-0.39, 0.29) is 43.4 Å². The molecule has 3 aromatic heterocycles. The van der Waals surface area contributed by atoms with Gasteiger partial charge in [0, 0.05) is 37.9 Å². The number of likely N-dealkylation sites (N-methyl/N-ethyl adjacent to an activating group) is 1. The van der Waals surface area contributed by atoms with Gasteiger partial charge in [0.2, 0.25) is 10.9 Å². The summed E-state index contributed by atoms with van der Waals surface area (Å²) >= 11 is 2.83. The number of hydrogen-bond acceptors (Lipinski definition) is 11. The van der Waals surface area contributed by atoms with Gasteiger partial charge >= 0.3 is 5.97 Å². The second-order valence-electron chi connectivity index (χ2n) is 11.9. The molecule has 0 radical (unpaired) electrons. The van der Waals surface area contributed by atoms with Gasteiger partial charge < -0.3 is 19.8 Å². The number of hydrogen-bond donors (Lipinski definition) is 1. The molecule has 2 saturated heterocycles. The molecule has 46 heavy (non-hydrogen) atoms. The van der Waals surface area contributed by atoms with Crippen molar-refractivity contribution in [1.82, 2.24) is 34.3 Å². The number of likely N-dealkylation sites (tertiary alicyclic amines) is 1. The first-order valence-electron chi connectivity index (χ1n) is 15.1. The van der Waals surface area contributed by atoms with Crippen LogP contribution in [-0.4, -0.2) is 97.7 Å². The van der Waals surface area contributed by atoms with Crippen LogP contribution < -0.4 is 4.90 Å². The molecule has 1 aromatic carbocycles. The summed E-state index contributed by atoms with van der Waals surface area (Å²) in [4.78, 5) is 43.0. The van der Waals surface area contributed by atoms with E-state index >= 15 is 0 Å². The molecule has 12 nitrogen and oxygen atoms in total. The largest absolute Gasteiger partial charge is 0.481 e. The van der Waals surface area contributed by atoms with Crippen molar-refractivity contribution >= 4 is 50.5 Å². The first-order valence-corrected chi connectivity index (χ1v) is 16.8. The van der Waals surface area contributed by atoms with E-state index in [1.54, 1.807) is 28.4 Å². The lowest BCUT2D eigenvalue weighted by atomic mass is 10.0. The Morgan fingerprint density at radius 3 is 2.63 bits per heavy atom. The van der Waals surface area contributed by atoms with Gasteiger partial charge in [-0.05, 0) is 50.6 Å². The Morgan fingerprint density at radius 1 is 1.17 bits per heavy atom. The van der Waals surface area contributed by atoms with Crippen LogP contribution >= 0.6 is 22.7 Å². The normalized spacial score (nSPS) is 19.4. The molecule has 2 atom stereocenters. The van der Waals surface area contributed by atoms with Crippen LogP contribution in [0.2, 0.25) is 0 Å². The minimum atomic E-state index is -0.855. The maximum absolute atomic E-state index is 13.6. The van der Waals surface area contributed by atoms with Crippen molar-refractivity contribution in [2.75, 3.05) is 45.2 Å². The van der Waals surface area contributed by atoms with E-state index in [4.69, 9.17) is 15.1 Å². The zero-order valence-corrected chi connectivity index (χ0v) is 27.2. The first kappa shape index (κ1) is 30.3. The monoisotopic (exact) mass is 661 g/mol. The number of aliphatic carboxylic acids is 1. The van der Waals surface area contributed by atoms with Gasteiger partial charge in [-0.15, -0.1) is 0 Å². The molecular weight excluding hydrogens is 630 g/mol. The fourth-order valence-corrected chi connectivity index (χ4v) is 8.44. The lowest BCUT2D eigenvalue weighted by Crippen LogP contribution is -2.56. The van der Waals surface area contributed by atoms with Crippen LogP contribution in [0, 0.1) is 23.1 Å². The molecule has 0 spiro atoms. The molecule has 3 aliphatic heterocycles. The first-order chi connectivity index (χ1) is 22.2. The average Bonchev–Trinajstić information content (AvgIpc) is 3.81. The number of thiazole rings is 1. The van der Waals surface area contributed by atoms with Gasteiger partial charge in [0.1, 0.15) is 27.5 Å². The Kier molecular flexibility index (Phi) is 7.74. The summed E-state index contributed by atoms with van der Waals surface area (Å²) in [6.07, 6.45) is 4.66. The second kappa shape index (κ2) is 11.8. The van der Waals surface area contributed by atoms with Gasteiger partial charge in [-0.25, -0.2) is 14.4 Å². The highest BCUT2D eigenvalue weighted by atomic mass is 32.1. The number of carbonyl (C=O) groups is 2.